The summed E-state index contributed by atoms with van der Waals surface area (Å²) in [6, 6.07) is 11.7. The summed E-state index contributed by atoms with van der Waals surface area (Å²) in [4.78, 5) is 31.1. The van der Waals surface area contributed by atoms with Crippen LogP contribution in [0.25, 0.3) is 0 Å². The van der Waals surface area contributed by atoms with Crippen LogP contribution >= 0.6 is 0 Å². The van der Waals surface area contributed by atoms with E-state index in [2.05, 4.69) is 20.5 Å². The summed E-state index contributed by atoms with van der Waals surface area (Å²) < 4.78 is 39.0. The molecule has 1 saturated heterocycles. The number of anilines is 2. The van der Waals surface area contributed by atoms with Crippen molar-refractivity contribution in [2.45, 2.75) is 25.4 Å². The van der Waals surface area contributed by atoms with Crippen LogP contribution in [-0.2, 0) is 6.18 Å². The molecule has 2 N–H and O–H groups in total. The van der Waals surface area contributed by atoms with E-state index in [0.717, 1.165) is 41.9 Å². The number of aryl methyl sites for hydroxylation is 1. The summed E-state index contributed by atoms with van der Waals surface area (Å²) in [5.41, 5.74) is 3.03. The van der Waals surface area contributed by atoms with Crippen LogP contribution in [0.15, 0.2) is 60.9 Å². The maximum atomic E-state index is 13.0. The molecule has 9 heteroatoms. The predicted octanol–water partition coefficient (Wildman–Crippen LogP) is 5.01. The summed E-state index contributed by atoms with van der Waals surface area (Å²) in [5, 5.41) is 5.16. The summed E-state index contributed by atoms with van der Waals surface area (Å²) in [7, 11) is 1.57. The number of pyridine rings is 1. The molecule has 1 unspecified atom stereocenters. The Morgan fingerprint density at radius 1 is 1.03 bits per heavy atom. The molecule has 0 radical (unpaired) electrons. The number of rotatable bonds is 5. The van der Waals surface area contributed by atoms with Crippen molar-refractivity contribution in [1.29, 1.82) is 0 Å². The minimum atomic E-state index is -4.48. The van der Waals surface area contributed by atoms with E-state index in [4.69, 9.17) is 0 Å². The normalized spacial score (nSPS) is 15.7. The molecular weight excluding hydrogens is 457 g/mol. The average Bonchev–Trinajstić information content (AvgIpc) is 3.33. The van der Waals surface area contributed by atoms with Gasteiger partial charge in [0.05, 0.1) is 23.0 Å². The number of amides is 2. The first-order chi connectivity index (χ1) is 16.7. The van der Waals surface area contributed by atoms with E-state index < -0.39 is 17.6 Å². The minimum absolute atomic E-state index is 0.0856. The number of aromatic nitrogens is 1. The van der Waals surface area contributed by atoms with Crippen molar-refractivity contribution in [2.24, 2.45) is 0 Å². The highest BCUT2D eigenvalue weighted by Crippen LogP contribution is 2.34. The van der Waals surface area contributed by atoms with Crippen LogP contribution in [0.3, 0.4) is 0 Å². The first-order valence-corrected chi connectivity index (χ1v) is 11.2. The van der Waals surface area contributed by atoms with Crippen molar-refractivity contribution < 1.29 is 22.8 Å². The highest BCUT2D eigenvalue weighted by molar-refractivity contribution is 6.04. The van der Waals surface area contributed by atoms with Gasteiger partial charge in [0.25, 0.3) is 11.8 Å². The van der Waals surface area contributed by atoms with Crippen molar-refractivity contribution in [3.05, 3.63) is 88.7 Å². The molecule has 0 spiro atoms. The van der Waals surface area contributed by atoms with E-state index in [1.165, 1.54) is 18.3 Å². The summed E-state index contributed by atoms with van der Waals surface area (Å²) in [5.74, 6) is -0.520. The number of halogens is 3. The lowest BCUT2D eigenvalue weighted by molar-refractivity contribution is -0.137. The van der Waals surface area contributed by atoms with Crippen LogP contribution < -0.4 is 15.5 Å². The van der Waals surface area contributed by atoms with Gasteiger partial charge in [0.15, 0.2) is 0 Å². The Morgan fingerprint density at radius 2 is 1.83 bits per heavy atom. The molecule has 2 aromatic carbocycles. The number of alkyl halides is 3. The SMILES string of the molecule is CNC(=O)c1cncc(N2CCC(c3cc(C(=O)Nc4cccc(C(F)(F)F)c4)ccc3C)C2)c1. The third-order valence-electron chi connectivity index (χ3n) is 6.20. The van der Waals surface area contributed by atoms with Gasteiger partial charge < -0.3 is 15.5 Å². The fraction of sp³-hybridized carbons (Fsp3) is 0.269. The third-order valence-corrected chi connectivity index (χ3v) is 6.20. The van der Waals surface area contributed by atoms with Crippen molar-refractivity contribution >= 4 is 23.2 Å². The van der Waals surface area contributed by atoms with Gasteiger partial charge in [-0.05, 0) is 60.9 Å². The van der Waals surface area contributed by atoms with Crippen molar-refractivity contribution in [1.82, 2.24) is 10.3 Å². The van der Waals surface area contributed by atoms with Crippen LogP contribution in [0.1, 0.15) is 49.7 Å². The second-order valence-electron chi connectivity index (χ2n) is 8.55. The van der Waals surface area contributed by atoms with Gasteiger partial charge in [-0.3, -0.25) is 14.6 Å². The van der Waals surface area contributed by atoms with E-state index in [0.29, 0.717) is 17.7 Å². The molecule has 2 heterocycles. The minimum Gasteiger partial charge on any atom is -0.370 e. The van der Waals surface area contributed by atoms with Crippen LogP contribution in [0, 0.1) is 6.92 Å². The molecule has 6 nitrogen and oxygen atoms in total. The smallest absolute Gasteiger partial charge is 0.370 e. The molecular formula is C26H25F3N4O2. The van der Waals surface area contributed by atoms with Gasteiger partial charge in [0.1, 0.15) is 0 Å². The lowest BCUT2D eigenvalue weighted by Gasteiger charge is -2.20. The van der Waals surface area contributed by atoms with Crippen LogP contribution in [0.2, 0.25) is 0 Å². The molecule has 1 aliphatic heterocycles. The van der Waals surface area contributed by atoms with E-state index in [9.17, 15) is 22.8 Å². The second-order valence-corrected chi connectivity index (χ2v) is 8.55. The standard InChI is InChI=1S/C26H25F3N4O2/c1-16-6-7-17(25(35)32-21-5-3-4-20(12-21)26(27,28)29)11-23(16)18-8-9-33(15-18)22-10-19(13-31-14-22)24(34)30-2/h3-7,10-14,18H,8-9,15H2,1-2H3,(H,30,34)(H,32,35). The maximum absolute atomic E-state index is 13.0. The van der Waals surface area contributed by atoms with E-state index in [1.54, 1.807) is 25.4 Å². The van der Waals surface area contributed by atoms with E-state index in [1.807, 2.05) is 19.1 Å². The number of hydrogen-bond acceptors (Lipinski definition) is 4. The van der Waals surface area contributed by atoms with Crippen LogP contribution in [0.5, 0.6) is 0 Å². The van der Waals surface area contributed by atoms with Crippen LogP contribution in [0.4, 0.5) is 24.5 Å². The fourth-order valence-electron chi connectivity index (χ4n) is 4.32. The summed E-state index contributed by atoms with van der Waals surface area (Å²) in [6.45, 7) is 3.43. The Balaban J connectivity index is 1.50. The van der Waals surface area contributed by atoms with E-state index in [-0.39, 0.29) is 17.5 Å². The van der Waals surface area contributed by atoms with Gasteiger partial charge >= 0.3 is 6.18 Å². The highest BCUT2D eigenvalue weighted by Gasteiger charge is 2.31. The molecule has 0 aliphatic carbocycles. The quantitative estimate of drug-likeness (QED) is 0.536. The first-order valence-electron chi connectivity index (χ1n) is 11.2. The summed E-state index contributed by atoms with van der Waals surface area (Å²) >= 11 is 0. The van der Waals surface area contributed by atoms with Gasteiger partial charge in [0, 0.05) is 43.5 Å². The molecule has 1 aromatic heterocycles. The number of carbonyl (C=O) groups excluding carboxylic acids is 2. The van der Waals surface area contributed by atoms with Crippen LogP contribution in [-0.4, -0.2) is 36.9 Å². The number of hydrogen-bond donors (Lipinski definition) is 2. The molecule has 1 fully saturated rings. The monoisotopic (exact) mass is 482 g/mol. The zero-order chi connectivity index (χ0) is 25.2. The Bertz CT molecular complexity index is 1260. The molecule has 0 bridgehead atoms. The molecule has 4 rings (SSSR count). The molecule has 1 aliphatic rings. The van der Waals surface area contributed by atoms with Crippen molar-refractivity contribution in [2.75, 3.05) is 30.4 Å². The second kappa shape index (κ2) is 9.77. The predicted molar refractivity (Wildman–Crippen MR) is 128 cm³/mol. The molecule has 182 valence electrons. The van der Waals surface area contributed by atoms with Gasteiger partial charge in [-0.25, -0.2) is 0 Å². The van der Waals surface area contributed by atoms with Crippen molar-refractivity contribution in [3.63, 3.8) is 0 Å². The lowest BCUT2D eigenvalue weighted by atomic mass is 9.92. The van der Waals surface area contributed by atoms with Gasteiger partial charge in [-0.15, -0.1) is 0 Å². The summed E-state index contributed by atoms with van der Waals surface area (Å²) in [6.07, 6.45) is -0.391. The highest BCUT2D eigenvalue weighted by atomic mass is 19.4. The van der Waals surface area contributed by atoms with Crippen molar-refractivity contribution in [3.8, 4) is 0 Å². The molecule has 35 heavy (non-hydrogen) atoms. The fourth-order valence-corrected chi connectivity index (χ4v) is 4.32. The molecule has 1 atom stereocenters. The molecule has 2 amide bonds. The zero-order valence-corrected chi connectivity index (χ0v) is 19.3. The number of benzene rings is 2. The first kappa shape index (κ1) is 24.3. The van der Waals surface area contributed by atoms with Gasteiger partial charge in [0.2, 0.25) is 0 Å². The molecule has 3 aromatic rings. The van der Waals surface area contributed by atoms with Gasteiger partial charge in [-0.2, -0.15) is 13.2 Å². The number of nitrogens with one attached hydrogen (secondary N) is 2. The number of nitrogens with zero attached hydrogens (tertiary/aromatic N) is 2. The lowest BCUT2D eigenvalue weighted by Crippen LogP contribution is -2.22. The largest absolute Gasteiger partial charge is 0.416 e. The Kier molecular flexibility index (Phi) is 6.77. The Labute approximate surface area is 201 Å². The maximum Gasteiger partial charge on any atom is 0.416 e. The van der Waals surface area contributed by atoms with Gasteiger partial charge in [-0.1, -0.05) is 12.1 Å². The van der Waals surface area contributed by atoms with E-state index >= 15 is 0 Å². The Hall–Kier alpha value is -3.88. The number of carbonyl (C=O) groups is 2. The Morgan fingerprint density at radius 3 is 2.57 bits per heavy atom. The average molecular weight is 483 g/mol. The topological polar surface area (TPSA) is 74.3 Å². The molecule has 0 saturated carbocycles. The zero-order valence-electron chi connectivity index (χ0n) is 19.3. The third kappa shape index (κ3) is 5.45.